The van der Waals surface area contributed by atoms with E-state index < -0.39 is 27.8 Å². The smallest absolute Gasteiger partial charge is 0.256 e. The fraction of sp³-hybridized carbons (Fsp3) is 0.188. The summed E-state index contributed by atoms with van der Waals surface area (Å²) in [4.78, 5) is 28.6. The molecule has 2 aromatic rings. The Morgan fingerprint density at radius 1 is 1.32 bits per heavy atom. The number of nitrogens with one attached hydrogen (secondary N) is 1. The number of hydrogen-bond acceptors (Lipinski definition) is 5. The molecule has 1 unspecified atom stereocenters. The molecule has 1 fully saturated rings. The Bertz CT molecular complexity index is 947. The van der Waals surface area contributed by atoms with Crippen LogP contribution in [0.5, 0.6) is 0 Å². The number of anilines is 2. The molecule has 1 aromatic heterocycles. The molecule has 1 atom stereocenters. The molecule has 1 aliphatic rings. The van der Waals surface area contributed by atoms with Gasteiger partial charge in [-0.15, -0.1) is 0 Å². The molecule has 3 rings (SSSR count). The second-order valence-electron chi connectivity index (χ2n) is 5.62. The summed E-state index contributed by atoms with van der Waals surface area (Å²) in [5.41, 5.74) is 0.136. The predicted molar refractivity (Wildman–Crippen MR) is 94.1 cm³/mol. The lowest BCUT2D eigenvalue weighted by molar-refractivity contribution is -0.119. The van der Waals surface area contributed by atoms with E-state index in [-0.39, 0.29) is 22.0 Å². The normalized spacial score (nSPS) is 19.0. The monoisotopic (exact) mass is 379 g/mol. The Labute approximate surface area is 149 Å². The number of carbonyl (C=O) groups is 2. The van der Waals surface area contributed by atoms with Crippen molar-refractivity contribution in [3.8, 4) is 0 Å². The van der Waals surface area contributed by atoms with Crippen LogP contribution in [-0.2, 0) is 14.8 Å². The minimum Gasteiger partial charge on any atom is -0.307 e. The Hall–Kier alpha value is -2.45. The van der Waals surface area contributed by atoms with Crippen LogP contribution >= 0.6 is 11.6 Å². The summed E-state index contributed by atoms with van der Waals surface area (Å²) < 4.78 is 25.2. The second kappa shape index (κ2) is 6.45. The SMILES string of the molecule is CC1CS(=O)(=O)N(c2cc(C(=O)Nc3ccccn3)ccc2Cl)C1=O. The molecule has 25 heavy (non-hydrogen) atoms. The third-order valence-corrected chi connectivity index (χ3v) is 5.87. The van der Waals surface area contributed by atoms with Gasteiger partial charge in [0.2, 0.25) is 15.9 Å². The summed E-state index contributed by atoms with van der Waals surface area (Å²) in [6.45, 7) is 1.53. The van der Waals surface area contributed by atoms with Gasteiger partial charge in [-0.1, -0.05) is 24.6 Å². The highest BCUT2D eigenvalue weighted by Gasteiger charge is 2.43. The Balaban J connectivity index is 1.96. The highest BCUT2D eigenvalue weighted by molar-refractivity contribution is 7.94. The first kappa shape index (κ1) is 17.4. The molecule has 1 aliphatic heterocycles. The molecule has 130 valence electrons. The zero-order chi connectivity index (χ0) is 18.2. The highest BCUT2D eigenvalue weighted by atomic mass is 35.5. The average Bonchev–Trinajstić information content (AvgIpc) is 2.77. The van der Waals surface area contributed by atoms with Crippen molar-refractivity contribution >= 4 is 44.9 Å². The molecule has 0 radical (unpaired) electrons. The molecule has 0 spiro atoms. The van der Waals surface area contributed by atoms with Gasteiger partial charge in [-0.2, -0.15) is 0 Å². The third kappa shape index (κ3) is 3.35. The molecule has 2 heterocycles. The lowest BCUT2D eigenvalue weighted by Gasteiger charge is -2.17. The van der Waals surface area contributed by atoms with Gasteiger partial charge in [0.05, 0.1) is 22.4 Å². The molecule has 2 amide bonds. The third-order valence-electron chi connectivity index (χ3n) is 3.69. The molecular formula is C16H14ClN3O4S. The molecule has 9 heteroatoms. The maximum Gasteiger partial charge on any atom is 0.256 e. The number of rotatable bonds is 3. The molecule has 0 aliphatic carbocycles. The lowest BCUT2D eigenvalue weighted by atomic mass is 10.1. The van der Waals surface area contributed by atoms with Crippen molar-refractivity contribution < 1.29 is 18.0 Å². The number of aromatic nitrogens is 1. The van der Waals surface area contributed by atoms with Crippen molar-refractivity contribution in [3.05, 3.63) is 53.2 Å². The first-order valence-electron chi connectivity index (χ1n) is 7.38. The van der Waals surface area contributed by atoms with Crippen LogP contribution in [-0.4, -0.2) is 31.0 Å². The number of carbonyl (C=O) groups excluding carboxylic acids is 2. The molecule has 0 bridgehead atoms. The largest absolute Gasteiger partial charge is 0.307 e. The van der Waals surface area contributed by atoms with Crippen molar-refractivity contribution in [3.63, 3.8) is 0 Å². The van der Waals surface area contributed by atoms with Crippen LogP contribution in [0.4, 0.5) is 11.5 Å². The van der Waals surface area contributed by atoms with Crippen molar-refractivity contribution in [2.24, 2.45) is 5.92 Å². The first-order valence-corrected chi connectivity index (χ1v) is 9.37. The van der Waals surface area contributed by atoms with E-state index in [2.05, 4.69) is 10.3 Å². The number of pyridine rings is 1. The molecule has 1 saturated heterocycles. The van der Waals surface area contributed by atoms with Gasteiger partial charge in [0.15, 0.2) is 0 Å². The zero-order valence-corrected chi connectivity index (χ0v) is 14.7. The number of halogens is 1. The van der Waals surface area contributed by atoms with Gasteiger partial charge < -0.3 is 5.32 Å². The van der Waals surface area contributed by atoms with Crippen molar-refractivity contribution in [1.82, 2.24) is 4.98 Å². The van der Waals surface area contributed by atoms with Crippen LogP contribution in [0, 0.1) is 5.92 Å². The van der Waals surface area contributed by atoms with Crippen LogP contribution in [0.2, 0.25) is 5.02 Å². The highest BCUT2D eigenvalue weighted by Crippen LogP contribution is 2.34. The van der Waals surface area contributed by atoms with E-state index in [0.717, 1.165) is 0 Å². The van der Waals surface area contributed by atoms with Gasteiger partial charge in [0.25, 0.3) is 5.91 Å². The van der Waals surface area contributed by atoms with Gasteiger partial charge in [-0.05, 0) is 30.3 Å². The summed E-state index contributed by atoms with van der Waals surface area (Å²) in [7, 11) is -3.81. The summed E-state index contributed by atoms with van der Waals surface area (Å²) >= 11 is 6.08. The zero-order valence-electron chi connectivity index (χ0n) is 13.1. The van der Waals surface area contributed by atoms with E-state index in [9.17, 15) is 18.0 Å². The topological polar surface area (TPSA) is 96.4 Å². The van der Waals surface area contributed by atoms with Crippen LogP contribution in [0.1, 0.15) is 17.3 Å². The number of nitrogens with zero attached hydrogens (tertiary/aromatic N) is 2. The molecule has 7 nitrogen and oxygen atoms in total. The standard InChI is InChI=1S/C16H14ClN3O4S/c1-10-9-25(23,24)20(16(10)22)13-8-11(5-6-12(13)17)15(21)19-14-4-2-3-7-18-14/h2-8,10H,9H2,1H3,(H,18,19,21). The molecule has 1 N–H and O–H groups in total. The molecule has 1 aromatic carbocycles. The maximum absolute atomic E-state index is 12.4. The Morgan fingerprint density at radius 2 is 2.08 bits per heavy atom. The van der Waals surface area contributed by atoms with Crippen LogP contribution in [0.25, 0.3) is 0 Å². The Kier molecular flexibility index (Phi) is 4.49. The fourth-order valence-electron chi connectivity index (χ4n) is 2.50. The minimum absolute atomic E-state index is 0.0234. The van der Waals surface area contributed by atoms with E-state index in [1.165, 1.54) is 31.3 Å². The average molecular weight is 380 g/mol. The first-order chi connectivity index (χ1) is 11.8. The Morgan fingerprint density at radius 3 is 2.68 bits per heavy atom. The predicted octanol–water partition coefficient (Wildman–Crippen LogP) is 2.30. The van der Waals surface area contributed by atoms with Crippen LogP contribution in [0.3, 0.4) is 0 Å². The minimum atomic E-state index is -3.81. The van der Waals surface area contributed by atoms with Crippen molar-refractivity contribution in [2.45, 2.75) is 6.92 Å². The number of hydrogen-bond donors (Lipinski definition) is 1. The fourth-order valence-corrected chi connectivity index (χ4v) is 4.58. The quantitative estimate of drug-likeness (QED) is 0.882. The molecule has 0 saturated carbocycles. The molecular weight excluding hydrogens is 366 g/mol. The second-order valence-corrected chi connectivity index (χ2v) is 7.89. The van der Waals surface area contributed by atoms with Gasteiger partial charge in [0.1, 0.15) is 5.82 Å². The van der Waals surface area contributed by atoms with E-state index >= 15 is 0 Å². The summed E-state index contributed by atoms with van der Waals surface area (Å²) in [6.07, 6.45) is 1.53. The summed E-state index contributed by atoms with van der Waals surface area (Å²) in [6, 6.07) is 9.16. The van der Waals surface area contributed by atoms with Crippen molar-refractivity contribution in [2.75, 3.05) is 15.4 Å². The van der Waals surface area contributed by atoms with Crippen LogP contribution < -0.4 is 9.62 Å². The number of amides is 2. The van der Waals surface area contributed by atoms with Gasteiger partial charge in [-0.3, -0.25) is 9.59 Å². The lowest BCUT2D eigenvalue weighted by Crippen LogP contribution is -2.30. The summed E-state index contributed by atoms with van der Waals surface area (Å²) in [5.74, 6) is -1.65. The van der Waals surface area contributed by atoms with E-state index in [1.54, 1.807) is 18.2 Å². The van der Waals surface area contributed by atoms with Gasteiger partial charge >= 0.3 is 0 Å². The van der Waals surface area contributed by atoms with E-state index in [4.69, 9.17) is 11.6 Å². The number of sulfonamides is 1. The summed E-state index contributed by atoms with van der Waals surface area (Å²) in [5, 5.41) is 2.66. The van der Waals surface area contributed by atoms with E-state index in [0.29, 0.717) is 10.1 Å². The van der Waals surface area contributed by atoms with Crippen molar-refractivity contribution in [1.29, 1.82) is 0 Å². The van der Waals surface area contributed by atoms with Gasteiger partial charge in [-0.25, -0.2) is 17.7 Å². The van der Waals surface area contributed by atoms with E-state index in [1.807, 2.05) is 0 Å². The number of benzene rings is 1. The maximum atomic E-state index is 12.4. The van der Waals surface area contributed by atoms with Crippen LogP contribution in [0.15, 0.2) is 42.6 Å². The van der Waals surface area contributed by atoms with Gasteiger partial charge in [0, 0.05) is 11.8 Å².